The second-order valence-corrected chi connectivity index (χ2v) is 7.06. The predicted molar refractivity (Wildman–Crippen MR) is 87.5 cm³/mol. The van der Waals surface area contributed by atoms with E-state index in [1.54, 1.807) is 11.3 Å². The van der Waals surface area contributed by atoms with Gasteiger partial charge >= 0.3 is 0 Å². The third kappa shape index (κ3) is 2.70. The minimum Gasteiger partial charge on any atom is -0.389 e. The highest BCUT2D eigenvalue weighted by atomic mass is 35.5. The number of hydrogen-bond acceptors (Lipinski definition) is 3. The first-order chi connectivity index (χ1) is 9.65. The zero-order valence-corrected chi connectivity index (χ0v) is 13.2. The van der Waals surface area contributed by atoms with E-state index in [0.717, 1.165) is 26.8 Å². The van der Waals surface area contributed by atoms with Crippen LogP contribution in [0.3, 0.4) is 0 Å². The molecule has 0 amide bonds. The Labute approximate surface area is 129 Å². The molecule has 0 atom stereocenters. The molecule has 1 fully saturated rings. The van der Waals surface area contributed by atoms with E-state index in [4.69, 9.17) is 22.3 Å². The number of thiazole rings is 1. The summed E-state index contributed by atoms with van der Waals surface area (Å²) in [5.41, 5.74) is 9.38. The smallest absolute Gasteiger partial charge is 0.114 e. The maximum atomic E-state index is 6.21. The molecule has 3 rings (SSSR count). The number of nitrogens with zero attached hydrogens (tertiary/aromatic N) is 1. The molecular formula is C16H19ClN2S. The summed E-state index contributed by atoms with van der Waals surface area (Å²) < 4.78 is 0. The van der Waals surface area contributed by atoms with Gasteiger partial charge in [0.2, 0.25) is 0 Å². The van der Waals surface area contributed by atoms with Gasteiger partial charge in [0, 0.05) is 16.5 Å². The summed E-state index contributed by atoms with van der Waals surface area (Å²) in [6.45, 7) is 2.06. The SMILES string of the molecule is Cc1cc(Cl)ccc1-c1nc(C2CCCCC2)sc1N. The maximum absolute atomic E-state index is 6.21. The van der Waals surface area contributed by atoms with Crippen molar-refractivity contribution in [2.75, 3.05) is 5.73 Å². The first kappa shape index (κ1) is 13.9. The molecule has 1 saturated carbocycles. The number of halogens is 1. The lowest BCUT2D eigenvalue weighted by molar-refractivity contribution is 0.442. The van der Waals surface area contributed by atoms with Crippen molar-refractivity contribution >= 4 is 27.9 Å². The Morgan fingerprint density at radius 2 is 2.00 bits per heavy atom. The van der Waals surface area contributed by atoms with Gasteiger partial charge in [0.25, 0.3) is 0 Å². The standard InChI is InChI=1S/C16H19ClN2S/c1-10-9-12(17)7-8-13(10)14-15(18)20-16(19-14)11-5-3-2-4-6-11/h7-9,11H,2-6,18H2,1H3. The van der Waals surface area contributed by atoms with Crippen molar-refractivity contribution in [1.29, 1.82) is 0 Å². The van der Waals surface area contributed by atoms with Crippen LogP contribution >= 0.6 is 22.9 Å². The molecule has 0 aliphatic heterocycles. The zero-order valence-electron chi connectivity index (χ0n) is 11.7. The molecule has 0 unspecified atom stereocenters. The van der Waals surface area contributed by atoms with Crippen LogP contribution in [0.4, 0.5) is 5.00 Å². The lowest BCUT2D eigenvalue weighted by atomic mass is 9.90. The summed E-state index contributed by atoms with van der Waals surface area (Å²) in [7, 11) is 0. The highest BCUT2D eigenvalue weighted by molar-refractivity contribution is 7.16. The van der Waals surface area contributed by atoms with Crippen LogP contribution in [0.5, 0.6) is 0 Å². The van der Waals surface area contributed by atoms with E-state index < -0.39 is 0 Å². The number of anilines is 1. The molecule has 1 aromatic carbocycles. The van der Waals surface area contributed by atoms with Crippen LogP contribution in [-0.2, 0) is 0 Å². The molecule has 0 spiro atoms. The van der Waals surface area contributed by atoms with Gasteiger partial charge in [-0.15, -0.1) is 11.3 Å². The van der Waals surface area contributed by atoms with Gasteiger partial charge < -0.3 is 5.73 Å². The fraction of sp³-hybridized carbons (Fsp3) is 0.438. The summed E-state index contributed by atoms with van der Waals surface area (Å²) >= 11 is 7.68. The van der Waals surface area contributed by atoms with Crippen LogP contribution in [0.2, 0.25) is 5.02 Å². The molecule has 20 heavy (non-hydrogen) atoms. The highest BCUT2D eigenvalue weighted by Crippen LogP contribution is 2.40. The molecular weight excluding hydrogens is 288 g/mol. The molecule has 1 heterocycles. The van der Waals surface area contributed by atoms with E-state index in [-0.39, 0.29) is 0 Å². The Kier molecular flexibility index (Phi) is 3.99. The largest absolute Gasteiger partial charge is 0.389 e. The van der Waals surface area contributed by atoms with E-state index in [2.05, 4.69) is 6.92 Å². The van der Waals surface area contributed by atoms with Gasteiger partial charge in [-0.3, -0.25) is 0 Å². The number of aryl methyl sites for hydroxylation is 1. The Balaban J connectivity index is 1.95. The molecule has 1 aromatic heterocycles. The van der Waals surface area contributed by atoms with Gasteiger partial charge in [0.05, 0.1) is 5.01 Å². The van der Waals surface area contributed by atoms with Gasteiger partial charge in [0.1, 0.15) is 10.7 Å². The summed E-state index contributed by atoms with van der Waals surface area (Å²) in [6.07, 6.45) is 6.51. The van der Waals surface area contributed by atoms with Crippen LogP contribution in [-0.4, -0.2) is 4.98 Å². The first-order valence-corrected chi connectivity index (χ1v) is 8.37. The fourth-order valence-corrected chi connectivity index (χ4v) is 4.20. The molecule has 0 saturated heterocycles. The molecule has 1 aliphatic carbocycles. The van der Waals surface area contributed by atoms with Crippen LogP contribution in [0.1, 0.15) is 48.6 Å². The van der Waals surface area contributed by atoms with Crippen molar-refractivity contribution in [1.82, 2.24) is 4.98 Å². The van der Waals surface area contributed by atoms with E-state index >= 15 is 0 Å². The van der Waals surface area contributed by atoms with Crippen LogP contribution in [0.15, 0.2) is 18.2 Å². The molecule has 1 aliphatic rings. The quantitative estimate of drug-likeness (QED) is 0.806. The van der Waals surface area contributed by atoms with Gasteiger partial charge in [-0.25, -0.2) is 4.98 Å². The van der Waals surface area contributed by atoms with E-state index in [0.29, 0.717) is 5.92 Å². The van der Waals surface area contributed by atoms with Crippen molar-refractivity contribution < 1.29 is 0 Å². The molecule has 4 heteroatoms. The molecule has 2 nitrogen and oxygen atoms in total. The summed E-state index contributed by atoms with van der Waals surface area (Å²) in [6, 6.07) is 5.90. The normalized spacial score (nSPS) is 16.5. The Morgan fingerprint density at radius 1 is 1.25 bits per heavy atom. The fourth-order valence-electron chi connectivity index (χ4n) is 2.96. The first-order valence-electron chi connectivity index (χ1n) is 7.18. The van der Waals surface area contributed by atoms with Crippen molar-refractivity contribution in [3.05, 3.63) is 33.8 Å². The number of aromatic nitrogens is 1. The van der Waals surface area contributed by atoms with E-state index in [1.807, 2.05) is 18.2 Å². The summed E-state index contributed by atoms with van der Waals surface area (Å²) in [4.78, 5) is 4.84. The third-order valence-electron chi connectivity index (χ3n) is 4.07. The number of nitrogens with two attached hydrogens (primary N) is 1. The van der Waals surface area contributed by atoms with Crippen LogP contribution < -0.4 is 5.73 Å². The summed E-state index contributed by atoms with van der Waals surface area (Å²) in [5.74, 6) is 0.609. The zero-order chi connectivity index (χ0) is 14.1. The van der Waals surface area contributed by atoms with Crippen molar-refractivity contribution in [3.63, 3.8) is 0 Å². The number of nitrogen functional groups attached to an aromatic ring is 1. The second-order valence-electron chi connectivity index (χ2n) is 5.56. The minimum absolute atomic E-state index is 0.609. The number of rotatable bonds is 2. The average Bonchev–Trinajstić information content (AvgIpc) is 2.82. The van der Waals surface area contributed by atoms with Crippen molar-refractivity contribution in [2.24, 2.45) is 0 Å². The Hall–Kier alpha value is -1.06. The van der Waals surface area contributed by atoms with Gasteiger partial charge in [0.15, 0.2) is 0 Å². The third-order valence-corrected chi connectivity index (χ3v) is 5.35. The number of benzene rings is 1. The highest BCUT2D eigenvalue weighted by Gasteiger charge is 2.21. The average molecular weight is 307 g/mol. The molecule has 106 valence electrons. The van der Waals surface area contributed by atoms with Gasteiger partial charge in [-0.1, -0.05) is 36.9 Å². The molecule has 0 radical (unpaired) electrons. The maximum Gasteiger partial charge on any atom is 0.114 e. The van der Waals surface area contributed by atoms with E-state index in [9.17, 15) is 0 Å². The Morgan fingerprint density at radius 3 is 2.70 bits per heavy atom. The lowest BCUT2D eigenvalue weighted by Crippen LogP contribution is -2.03. The van der Waals surface area contributed by atoms with Crippen molar-refractivity contribution in [2.45, 2.75) is 44.9 Å². The molecule has 0 bridgehead atoms. The minimum atomic E-state index is 0.609. The number of hydrogen-bond donors (Lipinski definition) is 1. The molecule has 2 aromatic rings. The van der Waals surface area contributed by atoms with E-state index in [1.165, 1.54) is 37.1 Å². The summed E-state index contributed by atoms with van der Waals surface area (Å²) in [5, 5.41) is 2.80. The molecule has 2 N–H and O–H groups in total. The predicted octanol–water partition coefficient (Wildman–Crippen LogP) is 5.40. The Bertz CT molecular complexity index is 615. The van der Waals surface area contributed by atoms with Crippen LogP contribution in [0.25, 0.3) is 11.3 Å². The monoisotopic (exact) mass is 306 g/mol. The van der Waals surface area contributed by atoms with Gasteiger partial charge in [-0.05, 0) is 37.5 Å². The van der Waals surface area contributed by atoms with Crippen LogP contribution in [0, 0.1) is 6.92 Å². The second kappa shape index (κ2) is 5.74. The van der Waals surface area contributed by atoms with Crippen molar-refractivity contribution in [3.8, 4) is 11.3 Å². The topological polar surface area (TPSA) is 38.9 Å². The van der Waals surface area contributed by atoms with Gasteiger partial charge in [-0.2, -0.15) is 0 Å². The lowest BCUT2D eigenvalue weighted by Gasteiger charge is -2.18.